The van der Waals surface area contributed by atoms with Gasteiger partial charge in [-0.05, 0) is 67.1 Å². The minimum atomic E-state index is -0.929. The summed E-state index contributed by atoms with van der Waals surface area (Å²) >= 11 is 3.44. The first-order valence-electron chi connectivity index (χ1n) is 9.96. The van der Waals surface area contributed by atoms with E-state index in [-0.39, 0.29) is 24.3 Å². The predicted molar refractivity (Wildman–Crippen MR) is 116 cm³/mol. The number of halogens is 2. The summed E-state index contributed by atoms with van der Waals surface area (Å²) in [5.41, 5.74) is 3.69. The molecule has 1 heterocycles. The number of amides is 1. The molecule has 2 aromatic carbocycles. The summed E-state index contributed by atoms with van der Waals surface area (Å²) in [6.07, 6.45) is 3.01. The molecular weight excluding hydrogens is 451 g/mol. The summed E-state index contributed by atoms with van der Waals surface area (Å²) in [7, 11) is 0. The molecule has 0 saturated heterocycles. The summed E-state index contributed by atoms with van der Waals surface area (Å²) in [6, 6.07) is 12.3. The first-order valence-corrected chi connectivity index (χ1v) is 10.7. The number of carboxylic acid groups (broad SMARTS) is 1. The van der Waals surface area contributed by atoms with Crippen LogP contribution >= 0.6 is 15.9 Å². The lowest BCUT2D eigenvalue weighted by molar-refractivity contribution is -0.137. The van der Waals surface area contributed by atoms with Gasteiger partial charge < -0.3 is 15.0 Å². The molecule has 7 heteroatoms. The van der Waals surface area contributed by atoms with Crippen molar-refractivity contribution in [3.63, 3.8) is 0 Å². The van der Waals surface area contributed by atoms with Gasteiger partial charge in [0, 0.05) is 33.5 Å². The van der Waals surface area contributed by atoms with Gasteiger partial charge in [-0.2, -0.15) is 0 Å². The van der Waals surface area contributed by atoms with Gasteiger partial charge in [-0.1, -0.05) is 28.1 Å². The molecule has 3 aromatic rings. The van der Waals surface area contributed by atoms with E-state index in [1.807, 2.05) is 24.3 Å². The van der Waals surface area contributed by atoms with E-state index in [2.05, 4.69) is 21.2 Å². The molecule has 1 aliphatic rings. The summed E-state index contributed by atoms with van der Waals surface area (Å²) in [4.78, 5) is 23.8. The number of aromatic nitrogens is 1. The Balaban J connectivity index is 1.49. The van der Waals surface area contributed by atoms with Gasteiger partial charge in [0.1, 0.15) is 12.4 Å². The molecule has 1 amide bonds. The second-order valence-corrected chi connectivity index (χ2v) is 8.62. The van der Waals surface area contributed by atoms with Crippen molar-refractivity contribution in [3.8, 4) is 0 Å². The third-order valence-corrected chi connectivity index (χ3v) is 6.11. The number of nitrogens with one attached hydrogen (secondary N) is 1. The minimum Gasteiger partial charge on any atom is -0.480 e. The van der Waals surface area contributed by atoms with Crippen LogP contribution in [0.3, 0.4) is 0 Å². The quantitative estimate of drug-likeness (QED) is 0.563. The second-order valence-electron chi connectivity index (χ2n) is 7.70. The second kappa shape index (κ2) is 8.60. The van der Waals surface area contributed by atoms with Crippen molar-refractivity contribution in [2.75, 3.05) is 0 Å². The molecule has 4 rings (SSSR count). The summed E-state index contributed by atoms with van der Waals surface area (Å²) in [5, 5.41) is 13.1. The summed E-state index contributed by atoms with van der Waals surface area (Å²) in [6.45, 7) is -0.152. The van der Waals surface area contributed by atoms with Crippen LogP contribution in [-0.2, 0) is 35.4 Å². The maximum Gasteiger partial charge on any atom is 0.323 e. The average Bonchev–Trinajstić information content (AvgIpc) is 2.98. The van der Waals surface area contributed by atoms with Crippen LogP contribution in [0.5, 0.6) is 0 Å². The summed E-state index contributed by atoms with van der Waals surface area (Å²) < 4.78 is 16.6. The maximum atomic E-state index is 13.9. The number of benzene rings is 2. The minimum absolute atomic E-state index is 0.0103. The predicted octanol–water partition coefficient (Wildman–Crippen LogP) is 4.23. The maximum absolute atomic E-state index is 13.9. The third kappa shape index (κ3) is 4.41. The van der Waals surface area contributed by atoms with Crippen LogP contribution in [0.4, 0.5) is 4.39 Å². The Morgan fingerprint density at radius 2 is 2.07 bits per heavy atom. The van der Waals surface area contributed by atoms with Crippen molar-refractivity contribution in [2.45, 2.75) is 44.7 Å². The van der Waals surface area contributed by atoms with Crippen molar-refractivity contribution < 1.29 is 19.1 Å². The molecule has 0 bridgehead atoms. The Hall–Kier alpha value is -2.67. The number of carbonyl (C=O) groups excluding carboxylic acids is 1. The number of nitrogens with zero attached hydrogens (tertiary/aromatic N) is 1. The van der Waals surface area contributed by atoms with Gasteiger partial charge in [0.15, 0.2) is 0 Å². The van der Waals surface area contributed by atoms with Gasteiger partial charge >= 0.3 is 5.97 Å². The molecule has 0 aliphatic heterocycles. The molecule has 156 valence electrons. The van der Waals surface area contributed by atoms with E-state index in [0.29, 0.717) is 25.7 Å². The van der Waals surface area contributed by atoms with Crippen molar-refractivity contribution >= 4 is 38.7 Å². The number of carboxylic acids is 1. The number of aryl methyl sites for hydroxylation is 1. The van der Waals surface area contributed by atoms with Crippen molar-refractivity contribution in [1.82, 2.24) is 9.88 Å². The Kier molecular flexibility index (Phi) is 5.90. The van der Waals surface area contributed by atoms with Crippen molar-refractivity contribution in [3.05, 3.63) is 69.6 Å². The van der Waals surface area contributed by atoms with Gasteiger partial charge in [0.05, 0.1) is 0 Å². The molecule has 0 unspecified atom stereocenters. The highest BCUT2D eigenvalue weighted by atomic mass is 79.9. The highest BCUT2D eigenvalue weighted by Crippen LogP contribution is 2.33. The molecule has 0 saturated carbocycles. The molecule has 1 atom stereocenters. The average molecular weight is 473 g/mol. The van der Waals surface area contributed by atoms with E-state index < -0.39 is 5.97 Å². The Bertz CT molecular complexity index is 1130. The monoisotopic (exact) mass is 472 g/mol. The van der Waals surface area contributed by atoms with E-state index >= 15 is 0 Å². The smallest absolute Gasteiger partial charge is 0.323 e. The van der Waals surface area contributed by atoms with E-state index in [1.54, 1.807) is 10.6 Å². The number of hydrogen-bond donors (Lipinski definition) is 2. The molecule has 1 aromatic heterocycles. The van der Waals surface area contributed by atoms with Crippen LogP contribution in [0, 0.1) is 5.82 Å². The SMILES string of the molecule is O=C(O)Cn1c2c(c3cc(F)ccc31)C[C@@H](NC(=O)CCc1cccc(Br)c1)CC2. The van der Waals surface area contributed by atoms with E-state index in [9.17, 15) is 19.1 Å². The largest absolute Gasteiger partial charge is 0.480 e. The van der Waals surface area contributed by atoms with Gasteiger partial charge in [0.25, 0.3) is 0 Å². The molecule has 30 heavy (non-hydrogen) atoms. The Morgan fingerprint density at radius 1 is 1.23 bits per heavy atom. The topological polar surface area (TPSA) is 71.3 Å². The Morgan fingerprint density at radius 3 is 2.83 bits per heavy atom. The van der Waals surface area contributed by atoms with E-state index in [1.165, 1.54) is 12.1 Å². The fourth-order valence-corrected chi connectivity index (χ4v) is 4.76. The fourth-order valence-electron chi connectivity index (χ4n) is 4.31. The first kappa shape index (κ1) is 20.6. The number of aliphatic carboxylic acids is 1. The number of rotatable bonds is 6. The first-order chi connectivity index (χ1) is 14.4. The van der Waals surface area contributed by atoms with E-state index in [0.717, 1.165) is 38.6 Å². The van der Waals surface area contributed by atoms with Crippen LogP contribution in [0.15, 0.2) is 46.9 Å². The van der Waals surface area contributed by atoms with Gasteiger partial charge in [-0.25, -0.2) is 4.39 Å². The van der Waals surface area contributed by atoms with Crippen LogP contribution in [0.2, 0.25) is 0 Å². The van der Waals surface area contributed by atoms with Crippen molar-refractivity contribution in [2.24, 2.45) is 0 Å². The Labute approximate surface area is 182 Å². The zero-order valence-corrected chi connectivity index (χ0v) is 17.9. The molecule has 0 fully saturated rings. The standard InChI is InChI=1S/C23H22BrFN2O3/c24-15-3-1-2-14(10-15)4-9-22(28)26-17-6-8-21-19(12-17)18-11-16(25)5-7-20(18)27(21)13-23(29)30/h1-3,5,7,10-11,17H,4,6,8-9,12-13H2,(H,26,28)(H,29,30)/t17-/m0/s1. The van der Waals surface area contributed by atoms with Gasteiger partial charge in [-0.3, -0.25) is 9.59 Å². The third-order valence-electron chi connectivity index (χ3n) is 5.62. The van der Waals surface area contributed by atoms with Crippen LogP contribution in [-0.4, -0.2) is 27.6 Å². The molecule has 1 aliphatic carbocycles. The lowest BCUT2D eigenvalue weighted by atomic mass is 9.91. The number of hydrogen-bond acceptors (Lipinski definition) is 2. The fraction of sp³-hybridized carbons (Fsp3) is 0.304. The zero-order valence-electron chi connectivity index (χ0n) is 16.3. The number of carbonyl (C=O) groups is 2. The van der Waals surface area contributed by atoms with Gasteiger partial charge in [-0.15, -0.1) is 0 Å². The highest BCUT2D eigenvalue weighted by Gasteiger charge is 2.27. The zero-order chi connectivity index (χ0) is 21.3. The molecule has 5 nitrogen and oxygen atoms in total. The van der Waals surface area contributed by atoms with Gasteiger partial charge in [0.2, 0.25) is 5.91 Å². The lowest BCUT2D eigenvalue weighted by Gasteiger charge is -2.25. The van der Waals surface area contributed by atoms with Crippen LogP contribution < -0.4 is 5.32 Å². The van der Waals surface area contributed by atoms with Crippen molar-refractivity contribution in [1.29, 1.82) is 0 Å². The van der Waals surface area contributed by atoms with E-state index in [4.69, 9.17) is 0 Å². The lowest BCUT2D eigenvalue weighted by Crippen LogP contribution is -2.39. The normalized spacial score (nSPS) is 15.7. The highest BCUT2D eigenvalue weighted by molar-refractivity contribution is 9.10. The summed E-state index contributed by atoms with van der Waals surface area (Å²) in [5.74, 6) is -1.29. The van der Waals surface area contributed by atoms with Crippen LogP contribution in [0.1, 0.15) is 29.7 Å². The molecule has 2 N–H and O–H groups in total. The molecular formula is C23H22BrFN2O3. The number of fused-ring (bicyclic) bond motifs is 3. The molecule has 0 spiro atoms. The molecule has 0 radical (unpaired) electrons. The van der Waals surface area contributed by atoms with Crippen LogP contribution in [0.25, 0.3) is 10.9 Å².